The molecule has 158 valence electrons. The van der Waals surface area contributed by atoms with Gasteiger partial charge in [0, 0.05) is 24.9 Å². The minimum atomic E-state index is -0.314. The summed E-state index contributed by atoms with van der Waals surface area (Å²) in [6.07, 6.45) is 7.33. The summed E-state index contributed by atoms with van der Waals surface area (Å²) < 4.78 is 13.2. The molecule has 1 aromatic rings. The second-order valence-electron chi connectivity index (χ2n) is 9.04. The zero-order chi connectivity index (χ0) is 20.1. The Morgan fingerprint density at radius 2 is 1.96 bits per heavy atom. The number of aryl methyl sites for hydroxylation is 1. The van der Waals surface area contributed by atoms with Crippen molar-refractivity contribution < 1.29 is 14.3 Å². The van der Waals surface area contributed by atoms with E-state index in [1.807, 2.05) is 0 Å². The first kappa shape index (κ1) is 21.2. The van der Waals surface area contributed by atoms with Crippen LogP contribution >= 0.6 is 0 Å². The summed E-state index contributed by atoms with van der Waals surface area (Å²) in [6, 6.07) is 0.412. The number of nitrogens with one attached hydrogen (secondary N) is 1. The molecule has 1 amide bonds. The quantitative estimate of drug-likeness (QED) is 0.646. The molecule has 0 saturated heterocycles. The Labute approximate surface area is 169 Å². The van der Waals surface area contributed by atoms with E-state index in [-0.39, 0.29) is 6.09 Å². The minimum absolute atomic E-state index is 0.314. The molecule has 2 aliphatic rings. The summed E-state index contributed by atoms with van der Waals surface area (Å²) in [4.78, 5) is 11.9. The van der Waals surface area contributed by atoms with Crippen LogP contribution in [0.1, 0.15) is 64.3 Å². The maximum Gasteiger partial charge on any atom is 0.407 e. The smallest absolute Gasteiger partial charge is 0.407 e. The number of hydrogen-bond donors (Lipinski definition) is 1. The van der Waals surface area contributed by atoms with E-state index in [1.54, 1.807) is 0 Å². The van der Waals surface area contributed by atoms with Crippen molar-refractivity contribution >= 4 is 6.09 Å². The number of amides is 1. The molecule has 0 aromatic carbocycles. The molecule has 1 aromatic heterocycles. The molecule has 1 heterocycles. The fourth-order valence-electron chi connectivity index (χ4n) is 4.47. The molecule has 0 spiro atoms. The highest BCUT2D eigenvalue weighted by atomic mass is 16.5. The van der Waals surface area contributed by atoms with Gasteiger partial charge in [-0.15, -0.1) is 0 Å². The molecule has 0 radical (unpaired) electrons. The van der Waals surface area contributed by atoms with Crippen LogP contribution in [0.5, 0.6) is 0 Å². The van der Waals surface area contributed by atoms with Crippen molar-refractivity contribution in [2.45, 2.75) is 65.8 Å². The van der Waals surface area contributed by atoms with Gasteiger partial charge in [0.15, 0.2) is 0 Å². The lowest BCUT2D eigenvalue weighted by atomic mass is 9.99. The van der Waals surface area contributed by atoms with Gasteiger partial charge in [-0.1, -0.05) is 13.8 Å². The molecule has 28 heavy (non-hydrogen) atoms. The number of alkyl carbamates (subject to hydrolysis) is 1. The van der Waals surface area contributed by atoms with Gasteiger partial charge < -0.3 is 14.8 Å². The van der Waals surface area contributed by atoms with E-state index in [0.29, 0.717) is 49.5 Å². The number of nitrogens with zero attached hydrogens (tertiary/aromatic N) is 2. The van der Waals surface area contributed by atoms with Crippen molar-refractivity contribution in [2.24, 2.45) is 23.7 Å². The maximum atomic E-state index is 11.9. The molecular formula is C22H37N3O3. The van der Waals surface area contributed by atoms with E-state index in [0.717, 1.165) is 25.9 Å². The number of ether oxygens (including phenoxy) is 2. The minimum Gasteiger partial charge on any atom is -0.449 e. The second-order valence-corrected chi connectivity index (χ2v) is 9.04. The summed E-state index contributed by atoms with van der Waals surface area (Å²) >= 11 is 0. The van der Waals surface area contributed by atoms with Gasteiger partial charge in [-0.25, -0.2) is 4.79 Å². The molecule has 2 aliphatic carbocycles. The van der Waals surface area contributed by atoms with E-state index < -0.39 is 0 Å². The molecule has 3 atom stereocenters. The first-order valence-corrected chi connectivity index (χ1v) is 11.0. The van der Waals surface area contributed by atoms with E-state index in [9.17, 15) is 4.79 Å². The van der Waals surface area contributed by atoms with Gasteiger partial charge in [0.25, 0.3) is 0 Å². The van der Waals surface area contributed by atoms with E-state index in [4.69, 9.17) is 9.47 Å². The van der Waals surface area contributed by atoms with Crippen molar-refractivity contribution in [3.8, 4) is 0 Å². The molecule has 0 bridgehead atoms. The molecule has 3 unspecified atom stereocenters. The van der Waals surface area contributed by atoms with Crippen LogP contribution in [0.4, 0.5) is 4.79 Å². The van der Waals surface area contributed by atoms with Gasteiger partial charge in [-0.3, -0.25) is 4.68 Å². The van der Waals surface area contributed by atoms with Crippen molar-refractivity contribution in [1.82, 2.24) is 15.1 Å². The van der Waals surface area contributed by atoms with Crippen LogP contribution in [0, 0.1) is 23.7 Å². The van der Waals surface area contributed by atoms with Gasteiger partial charge in [-0.05, 0) is 75.2 Å². The SMILES string of the molecule is CC(C)CCOCCNC(=O)OCC1C2CCc3cnn(C(C)C)c3CCC21. The summed E-state index contributed by atoms with van der Waals surface area (Å²) in [5.41, 5.74) is 2.82. The Morgan fingerprint density at radius 1 is 1.21 bits per heavy atom. The highest BCUT2D eigenvalue weighted by Crippen LogP contribution is 2.53. The van der Waals surface area contributed by atoms with E-state index in [1.165, 1.54) is 24.1 Å². The van der Waals surface area contributed by atoms with Crippen molar-refractivity contribution in [3.63, 3.8) is 0 Å². The lowest BCUT2D eigenvalue weighted by molar-refractivity contribution is 0.112. The van der Waals surface area contributed by atoms with Crippen LogP contribution in [0.15, 0.2) is 6.20 Å². The van der Waals surface area contributed by atoms with Crippen LogP contribution in [0.25, 0.3) is 0 Å². The normalized spacial score (nSPS) is 23.7. The number of aromatic nitrogens is 2. The highest BCUT2D eigenvalue weighted by Gasteiger charge is 2.50. The molecule has 3 rings (SSSR count). The van der Waals surface area contributed by atoms with Crippen LogP contribution in [-0.4, -0.2) is 42.2 Å². The Balaban J connectivity index is 1.34. The lowest BCUT2D eigenvalue weighted by Crippen LogP contribution is -2.28. The largest absolute Gasteiger partial charge is 0.449 e. The van der Waals surface area contributed by atoms with Crippen LogP contribution in [-0.2, 0) is 22.3 Å². The monoisotopic (exact) mass is 391 g/mol. The Morgan fingerprint density at radius 3 is 2.68 bits per heavy atom. The number of rotatable bonds is 9. The van der Waals surface area contributed by atoms with Crippen molar-refractivity contribution in [2.75, 3.05) is 26.4 Å². The third kappa shape index (κ3) is 5.49. The van der Waals surface area contributed by atoms with Gasteiger partial charge in [0.05, 0.1) is 19.4 Å². The molecule has 1 N–H and O–H groups in total. The number of hydrogen-bond acceptors (Lipinski definition) is 4. The zero-order valence-corrected chi connectivity index (χ0v) is 17.9. The summed E-state index contributed by atoms with van der Waals surface area (Å²) in [5.74, 6) is 2.56. The average molecular weight is 392 g/mol. The third-order valence-electron chi connectivity index (χ3n) is 6.21. The second kappa shape index (κ2) is 9.77. The van der Waals surface area contributed by atoms with Gasteiger partial charge >= 0.3 is 6.09 Å². The molecule has 1 fully saturated rings. The molecule has 6 heteroatoms. The Kier molecular flexibility index (Phi) is 7.38. The number of fused-ring (bicyclic) bond motifs is 2. The van der Waals surface area contributed by atoms with E-state index >= 15 is 0 Å². The van der Waals surface area contributed by atoms with E-state index in [2.05, 4.69) is 49.0 Å². The maximum absolute atomic E-state index is 11.9. The van der Waals surface area contributed by atoms with Gasteiger partial charge in [-0.2, -0.15) is 5.10 Å². The predicted octanol–water partition coefficient (Wildman–Crippen LogP) is 3.99. The standard InChI is InChI=1S/C22H37N3O3/c1-15(2)9-11-27-12-10-23-22(26)28-14-20-18-6-5-17-13-24-25(16(3)4)21(17)8-7-19(18)20/h13,15-16,18-20H,5-12,14H2,1-4H3,(H,23,26). The molecule has 1 saturated carbocycles. The predicted molar refractivity (Wildman–Crippen MR) is 109 cm³/mol. The number of carbonyl (C=O) groups is 1. The van der Waals surface area contributed by atoms with Crippen LogP contribution < -0.4 is 5.32 Å². The first-order valence-electron chi connectivity index (χ1n) is 11.0. The molecule has 6 nitrogen and oxygen atoms in total. The van der Waals surface area contributed by atoms with Crippen LogP contribution in [0.3, 0.4) is 0 Å². The van der Waals surface area contributed by atoms with Gasteiger partial charge in [0.2, 0.25) is 0 Å². The first-order chi connectivity index (χ1) is 13.5. The highest BCUT2D eigenvalue weighted by molar-refractivity contribution is 5.67. The zero-order valence-electron chi connectivity index (χ0n) is 17.9. The summed E-state index contributed by atoms with van der Waals surface area (Å²) in [7, 11) is 0. The Bertz CT molecular complexity index is 641. The summed E-state index contributed by atoms with van der Waals surface area (Å²) in [5, 5.41) is 7.38. The fraction of sp³-hybridized carbons (Fsp3) is 0.818. The fourth-order valence-corrected chi connectivity index (χ4v) is 4.47. The topological polar surface area (TPSA) is 65.4 Å². The average Bonchev–Trinajstić information content (AvgIpc) is 3.11. The molecular weight excluding hydrogens is 354 g/mol. The lowest BCUT2D eigenvalue weighted by Gasteiger charge is -2.14. The summed E-state index contributed by atoms with van der Waals surface area (Å²) in [6.45, 7) is 11.1. The third-order valence-corrected chi connectivity index (χ3v) is 6.21. The molecule has 0 aliphatic heterocycles. The Hall–Kier alpha value is -1.56. The number of carbonyl (C=O) groups excluding carboxylic acids is 1. The van der Waals surface area contributed by atoms with Gasteiger partial charge in [0.1, 0.15) is 0 Å². The van der Waals surface area contributed by atoms with Crippen molar-refractivity contribution in [1.29, 1.82) is 0 Å². The van der Waals surface area contributed by atoms with Crippen LogP contribution in [0.2, 0.25) is 0 Å². The van der Waals surface area contributed by atoms with Crippen molar-refractivity contribution in [3.05, 3.63) is 17.5 Å².